The van der Waals surface area contributed by atoms with Crippen LogP contribution < -0.4 is 10.6 Å². The molecule has 1 aromatic heterocycles. The molecular formula is C25H32N4O4. The standard InChI is InChI=1S/C25H32N4O4/c1-25(2,3)33-24(32)29(19-21-11-7-14-26-17-21)16-8-15-27-23(31)18-28-22(30)13-12-20-9-5-4-6-10-20/h4-7,9-14,17H,8,15-16,18-19H2,1-3H3,(H,27,31)(H,28,30)/b13-12+. The van der Waals surface area contributed by atoms with Crippen LogP contribution in [0.25, 0.3) is 6.08 Å². The molecule has 2 N–H and O–H groups in total. The summed E-state index contributed by atoms with van der Waals surface area (Å²) >= 11 is 0. The summed E-state index contributed by atoms with van der Waals surface area (Å²) in [6.07, 6.45) is 6.56. The average Bonchev–Trinajstić information content (AvgIpc) is 2.78. The van der Waals surface area contributed by atoms with Gasteiger partial charge in [-0.25, -0.2) is 4.79 Å². The van der Waals surface area contributed by atoms with Gasteiger partial charge in [0.05, 0.1) is 13.1 Å². The molecule has 0 spiro atoms. The number of ether oxygens (including phenoxy) is 1. The molecule has 176 valence electrons. The SMILES string of the molecule is CC(C)(C)OC(=O)N(CCCNC(=O)CNC(=O)/C=C/c1ccccc1)Cc1cccnc1. The van der Waals surface area contributed by atoms with E-state index in [9.17, 15) is 14.4 Å². The molecule has 0 radical (unpaired) electrons. The molecule has 1 heterocycles. The second-order valence-electron chi connectivity index (χ2n) is 8.43. The zero-order valence-corrected chi connectivity index (χ0v) is 19.4. The molecule has 8 nitrogen and oxygen atoms in total. The van der Waals surface area contributed by atoms with Crippen LogP contribution in [-0.2, 0) is 20.9 Å². The van der Waals surface area contributed by atoms with Crippen LogP contribution in [0, 0.1) is 0 Å². The maximum Gasteiger partial charge on any atom is 0.410 e. The third-order valence-electron chi connectivity index (χ3n) is 4.32. The average molecular weight is 453 g/mol. The lowest BCUT2D eigenvalue weighted by molar-refractivity contribution is -0.123. The summed E-state index contributed by atoms with van der Waals surface area (Å²) in [5.74, 6) is -0.644. The lowest BCUT2D eigenvalue weighted by atomic mass is 10.2. The first-order valence-electron chi connectivity index (χ1n) is 10.9. The van der Waals surface area contributed by atoms with Crippen molar-refractivity contribution in [2.24, 2.45) is 0 Å². The molecule has 0 unspecified atom stereocenters. The Bertz CT molecular complexity index is 924. The molecule has 0 aliphatic heterocycles. The summed E-state index contributed by atoms with van der Waals surface area (Å²) in [6.45, 7) is 6.45. The number of hydrogen-bond acceptors (Lipinski definition) is 5. The van der Waals surface area contributed by atoms with E-state index in [-0.39, 0.29) is 18.4 Å². The fourth-order valence-electron chi connectivity index (χ4n) is 2.80. The van der Waals surface area contributed by atoms with Gasteiger partial charge < -0.3 is 20.3 Å². The molecule has 33 heavy (non-hydrogen) atoms. The summed E-state index contributed by atoms with van der Waals surface area (Å²) in [4.78, 5) is 42.1. The Hall–Kier alpha value is -3.68. The van der Waals surface area contributed by atoms with Gasteiger partial charge in [0.15, 0.2) is 0 Å². The number of carbonyl (C=O) groups is 3. The maximum atomic E-state index is 12.6. The zero-order valence-electron chi connectivity index (χ0n) is 19.4. The number of nitrogens with one attached hydrogen (secondary N) is 2. The van der Waals surface area contributed by atoms with E-state index in [4.69, 9.17) is 4.74 Å². The molecule has 0 fully saturated rings. The highest BCUT2D eigenvalue weighted by Crippen LogP contribution is 2.12. The Morgan fingerprint density at radius 3 is 2.48 bits per heavy atom. The van der Waals surface area contributed by atoms with Crippen molar-refractivity contribution in [1.82, 2.24) is 20.5 Å². The number of aromatic nitrogens is 1. The first-order valence-corrected chi connectivity index (χ1v) is 10.9. The third kappa shape index (κ3) is 11.0. The minimum Gasteiger partial charge on any atom is -0.444 e. The Morgan fingerprint density at radius 2 is 1.82 bits per heavy atom. The molecular weight excluding hydrogens is 420 g/mol. The number of rotatable bonds is 10. The second-order valence-corrected chi connectivity index (χ2v) is 8.43. The van der Waals surface area contributed by atoms with E-state index in [1.165, 1.54) is 6.08 Å². The van der Waals surface area contributed by atoms with Crippen LogP contribution in [-0.4, -0.2) is 53.0 Å². The van der Waals surface area contributed by atoms with Crippen LogP contribution in [0.15, 0.2) is 60.9 Å². The van der Waals surface area contributed by atoms with Crippen LogP contribution in [0.1, 0.15) is 38.3 Å². The Morgan fingerprint density at radius 1 is 1.06 bits per heavy atom. The maximum absolute atomic E-state index is 12.6. The highest BCUT2D eigenvalue weighted by atomic mass is 16.6. The van der Waals surface area contributed by atoms with Gasteiger partial charge >= 0.3 is 6.09 Å². The molecule has 8 heteroatoms. The molecule has 1 aromatic carbocycles. The van der Waals surface area contributed by atoms with Gasteiger partial charge in [-0.15, -0.1) is 0 Å². The fourth-order valence-corrected chi connectivity index (χ4v) is 2.80. The zero-order chi connectivity index (χ0) is 24.1. The highest BCUT2D eigenvalue weighted by Gasteiger charge is 2.22. The Balaban J connectivity index is 1.74. The van der Waals surface area contributed by atoms with Gasteiger partial charge in [-0.1, -0.05) is 36.4 Å². The van der Waals surface area contributed by atoms with E-state index in [2.05, 4.69) is 15.6 Å². The summed E-state index contributed by atoms with van der Waals surface area (Å²) < 4.78 is 5.50. The molecule has 0 saturated heterocycles. The number of pyridine rings is 1. The summed E-state index contributed by atoms with van der Waals surface area (Å²) in [5, 5.41) is 5.30. The van der Waals surface area contributed by atoms with Gasteiger partial charge in [0.1, 0.15) is 5.60 Å². The van der Waals surface area contributed by atoms with E-state index in [1.807, 2.05) is 63.2 Å². The largest absolute Gasteiger partial charge is 0.444 e. The molecule has 3 amide bonds. The molecule has 2 aromatic rings. The van der Waals surface area contributed by atoms with Crippen molar-refractivity contribution < 1.29 is 19.1 Å². The van der Waals surface area contributed by atoms with Crippen molar-refractivity contribution in [2.45, 2.75) is 39.3 Å². The van der Waals surface area contributed by atoms with E-state index in [0.29, 0.717) is 26.1 Å². The number of amides is 3. The lowest BCUT2D eigenvalue weighted by Gasteiger charge is -2.27. The lowest BCUT2D eigenvalue weighted by Crippen LogP contribution is -2.39. The van der Waals surface area contributed by atoms with Crippen LogP contribution in [0.5, 0.6) is 0 Å². The van der Waals surface area contributed by atoms with E-state index >= 15 is 0 Å². The minimum absolute atomic E-state index is 0.122. The van der Waals surface area contributed by atoms with Gasteiger partial charge in [0.2, 0.25) is 11.8 Å². The smallest absolute Gasteiger partial charge is 0.410 e. The fraction of sp³-hybridized carbons (Fsp3) is 0.360. The van der Waals surface area contributed by atoms with Crippen molar-refractivity contribution in [3.05, 3.63) is 72.1 Å². The third-order valence-corrected chi connectivity index (χ3v) is 4.32. The minimum atomic E-state index is -0.606. The molecule has 2 rings (SSSR count). The van der Waals surface area contributed by atoms with E-state index in [1.54, 1.807) is 23.4 Å². The first kappa shape index (κ1) is 25.6. The highest BCUT2D eigenvalue weighted by molar-refractivity contribution is 5.94. The topological polar surface area (TPSA) is 101 Å². The van der Waals surface area contributed by atoms with Crippen molar-refractivity contribution in [2.75, 3.05) is 19.6 Å². The van der Waals surface area contributed by atoms with Crippen molar-refractivity contribution in [3.8, 4) is 0 Å². The van der Waals surface area contributed by atoms with Gasteiger partial charge in [-0.05, 0) is 50.5 Å². The van der Waals surface area contributed by atoms with Gasteiger partial charge in [0.25, 0.3) is 0 Å². The Kier molecular flexibility index (Phi) is 10.1. The second kappa shape index (κ2) is 13.0. The summed E-state index contributed by atoms with van der Waals surface area (Å²) in [5.41, 5.74) is 1.18. The number of benzene rings is 1. The monoisotopic (exact) mass is 452 g/mol. The van der Waals surface area contributed by atoms with Gasteiger partial charge in [-0.3, -0.25) is 14.6 Å². The first-order chi connectivity index (χ1) is 15.7. The van der Waals surface area contributed by atoms with Crippen LogP contribution in [0.2, 0.25) is 0 Å². The number of hydrogen-bond donors (Lipinski definition) is 2. The number of nitrogens with zero attached hydrogens (tertiary/aromatic N) is 2. The van der Waals surface area contributed by atoms with Gasteiger partial charge in [0, 0.05) is 31.6 Å². The van der Waals surface area contributed by atoms with Crippen LogP contribution in [0.3, 0.4) is 0 Å². The van der Waals surface area contributed by atoms with Crippen molar-refractivity contribution >= 4 is 24.0 Å². The van der Waals surface area contributed by atoms with Crippen LogP contribution in [0.4, 0.5) is 4.79 Å². The molecule has 0 saturated carbocycles. The molecule has 0 aliphatic rings. The van der Waals surface area contributed by atoms with Crippen molar-refractivity contribution in [1.29, 1.82) is 0 Å². The van der Waals surface area contributed by atoms with Crippen molar-refractivity contribution in [3.63, 3.8) is 0 Å². The van der Waals surface area contributed by atoms with Crippen LogP contribution >= 0.6 is 0 Å². The summed E-state index contributed by atoms with van der Waals surface area (Å²) in [6, 6.07) is 13.1. The summed E-state index contributed by atoms with van der Waals surface area (Å²) in [7, 11) is 0. The quantitative estimate of drug-likeness (QED) is 0.426. The molecule has 0 atom stereocenters. The molecule has 0 bridgehead atoms. The Labute approximate surface area is 195 Å². The van der Waals surface area contributed by atoms with E-state index in [0.717, 1.165) is 11.1 Å². The molecule has 0 aliphatic carbocycles. The predicted octanol–water partition coefficient (Wildman–Crippen LogP) is 3.15. The number of carbonyl (C=O) groups excluding carboxylic acids is 3. The normalized spacial score (nSPS) is 11.1. The predicted molar refractivity (Wildman–Crippen MR) is 127 cm³/mol. The van der Waals surface area contributed by atoms with Gasteiger partial charge in [-0.2, -0.15) is 0 Å². The van der Waals surface area contributed by atoms with E-state index < -0.39 is 11.7 Å².